The van der Waals surface area contributed by atoms with Crippen LogP contribution in [0.4, 0.5) is 0 Å². The number of hydrogen-bond donors (Lipinski definition) is 1. The number of carbonyl (C=O) groups is 1. The fourth-order valence-electron chi connectivity index (χ4n) is 2.07. The summed E-state index contributed by atoms with van der Waals surface area (Å²) >= 11 is 0. The molecule has 9 heteroatoms. The third-order valence-electron chi connectivity index (χ3n) is 3.57. The molecule has 0 bridgehead atoms. The molecule has 0 spiro atoms. The Labute approximate surface area is 174 Å². The first-order valence-corrected chi connectivity index (χ1v) is 10.5. The standard InChI is InChI=1S/C20H40O9/c1-2-3-4-5-20(22)29-19-18-28-17-16-27-15-14-26-13-12-25-11-10-24-9-8-23-7-6-21/h21H,2-19H2,1H3. The predicted molar refractivity (Wildman–Crippen MR) is 107 cm³/mol. The molecule has 9 nitrogen and oxygen atoms in total. The first kappa shape index (κ1) is 28.2. The zero-order valence-electron chi connectivity index (χ0n) is 17.9. The molecule has 1 N–H and O–H groups in total. The van der Waals surface area contributed by atoms with Crippen LogP contribution in [0.1, 0.15) is 32.6 Å². The SMILES string of the molecule is CCCCCC(=O)OCCOCCOCCOCCOCCOCCOCCO. The van der Waals surface area contributed by atoms with Crippen molar-refractivity contribution in [1.82, 2.24) is 0 Å². The van der Waals surface area contributed by atoms with Crippen molar-refractivity contribution in [3.8, 4) is 0 Å². The maximum absolute atomic E-state index is 11.4. The Balaban J connectivity index is 3.06. The molecule has 0 heterocycles. The van der Waals surface area contributed by atoms with Crippen molar-refractivity contribution in [2.24, 2.45) is 0 Å². The van der Waals surface area contributed by atoms with Gasteiger partial charge in [-0.05, 0) is 6.42 Å². The maximum Gasteiger partial charge on any atom is 0.305 e. The third-order valence-corrected chi connectivity index (χ3v) is 3.57. The normalized spacial score (nSPS) is 11.1. The molecule has 0 radical (unpaired) electrons. The Bertz CT molecular complexity index is 329. The average molecular weight is 425 g/mol. The monoisotopic (exact) mass is 424 g/mol. The minimum Gasteiger partial charge on any atom is -0.463 e. The first-order chi connectivity index (χ1) is 14.3. The van der Waals surface area contributed by atoms with E-state index < -0.39 is 0 Å². The van der Waals surface area contributed by atoms with Gasteiger partial charge in [0.15, 0.2) is 0 Å². The molecule has 0 aliphatic carbocycles. The minimum absolute atomic E-state index is 0.0276. The summed E-state index contributed by atoms with van der Waals surface area (Å²) in [6.07, 6.45) is 3.51. The molecule has 0 aliphatic heterocycles. The summed E-state index contributed by atoms with van der Waals surface area (Å²) in [5.74, 6) is -0.157. The highest BCUT2D eigenvalue weighted by molar-refractivity contribution is 5.69. The zero-order chi connectivity index (χ0) is 21.3. The Hall–Kier alpha value is -0.810. The van der Waals surface area contributed by atoms with Gasteiger partial charge in [-0.15, -0.1) is 0 Å². The lowest BCUT2D eigenvalue weighted by Crippen LogP contribution is -2.15. The van der Waals surface area contributed by atoms with Crippen LogP contribution in [0.25, 0.3) is 0 Å². The summed E-state index contributed by atoms with van der Waals surface area (Å²) in [5, 5.41) is 8.53. The average Bonchev–Trinajstić information content (AvgIpc) is 2.72. The molecule has 0 unspecified atom stereocenters. The minimum atomic E-state index is -0.157. The van der Waals surface area contributed by atoms with E-state index >= 15 is 0 Å². The number of hydrogen-bond acceptors (Lipinski definition) is 9. The molecule has 0 saturated heterocycles. The summed E-state index contributed by atoms with van der Waals surface area (Å²) in [6.45, 7) is 8.04. The van der Waals surface area contributed by atoms with Gasteiger partial charge in [-0.1, -0.05) is 19.8 Å². The van der Waals surface area contributed by atoms with Crippen molar-refractivity contribution in [1.29, 1.82) is 0 Å². The quantitative estimate of drug-likeness (QED) is 0.181. The van der Waals surface area contributed by atoms with E-state index in [1.54, 1.807) is 0 Å². The van der Waals surface area contributed by atoms with Gasteiger partial charge < -0.3 is 38.3 Å². The van der Waals surface area contributed by atoms with Gasteiger partial charge in [-0.25, -0.2) is 0 Å². The Morgan fingerprint density at radius 1 is 0.586 bits per heavy atom. The summed E-state index contributed by atoms with van der Waals surface area (Å²) in [7, 11) is 0. The van der Waals surface area contributed by atoms with E-state index in [9.17, 15) is 4.79 Å². The lowest BCUT2D eigenvalue weighted by Gasteiger charge is -2.08. The fourth-order valence-corrected chi connectivity index (χ4v) is 2.07. The van der Waals surface area contributed by atoms with Gasteiger partial charge in [0.2, 0.25) is 0 Å². The lowest BCUT2D eigenvalue weighted by atomic mass is 10.2. The third kappa shape index (κ3) is 25.2. The molecule has 0 atom stereocenters. The van der Waals surface area contributed by atoms with Crippen molar-refractivity contribution >= 4 is 5.97 Å². The summed E-state index contributed by atoms with van der Waals surface area (Å²) < 4.78 is 36.9. The van der Waals surface area contributed by atoms with Gasteiger partial charge >= 0.3 is 5.97 Å². The lowest BCUT2D eigenvalue weighted by molar-refractivity contribution is -0.145. The summed E-state index contributed by atoms with van der Waals surface area (Å²) in [5.41, 5.74) is 0. The van der Waals surface area contributed by atoms with Gasteiger partial charge in [0.05, 0.1) is 85.9 Å². The Morgan fingerprint density at radius 2 is 0.966 bits per heavy atom. The molecular formula is C20H40O9. The molecule has 0 rings (SSSR count). The fraction of sp³-hybridized carbons (Fsp3) is 0.950. The van der Waals surface area contributed by atoms with Crippen LogP contribution >= 0.6 is 0 Å². The van der Waals surface area contributed by atoms with Gasteiger partial charge in [0.25, 0.3) is 0 Å². The van der Waals surface area contributed by atoms with Crippen LogP contribution < -0.4 is 0 Å². The van der Waals surface area contributed by atoms with E-state index in [1.807, 2.05) is 0 Å². The Kier molecular flexibility index (Phi) is 24.5. The van der Waals surface area contributed by atoms with Gasteiger partial charge in [0.1, 0.15) is 6.61 Å². The topological polar surface area (TPSA) is 102 Å². The Morgan fingerprint density at radius 3 is 1.34 bits per heavy atom. The number of rotatable bonds is 24. The number of aliphatic hydroxyl groups excluding tert-OH is 1. The molecule has 0 aliphatic rings. The van der Waals surface area contributed by atoms with Crippen LogP contribution in [0, 0.1) is 0 Å². The molecule has 0 amide bonds. The smallest absolute Gasteiger partial charge is 0.305 e. The van der Waals surface area contributed by atoms with Crippen molar-refractivity contribution in [3.63, 3.8) is 0 Å². The van der Waals surface area contributed by atoms with E-state index in [0.717, 1.165) is 19.3 Å². The second-order valence-electron chi connectivity index (χ2n) is 6.08. The number of unbranched alkanes of at least 4 members (excludes halogenated alkanes) is 2. The van der Waals surface area contributed by atoms with E-state index in [2.05, 4.69) is 6.92 Å². The van der Waals surface area contributed by atoms with Gasteiger partial charge in [0, 0.05) is 6.42 Å². The second-order valence-corrected chi connectivity index (χ2v) is 6.08. The molecule has 0 saturated carbocycles. The van der Waals surface area contributed by atoms with Crippen molar-refractivity contribution < 1.29 is 43.1 Å². The highest BCUT2D eigenvalue weighted by Crippen LogP contribution is 2.00. The van der Waals surface area contributed by atoms with Crippen LogP contribution in [-0.2, 0) is 38.0 Å². The number of carbonyl (C=O) groups excluding carboxylic acids is 1. The van der Waals surface area contributed by atoms with Crippen LogP contribution in [0.5, 0.6) is 0 Å². The van der Waals surface area contributed by atoms with Gasteiger partial charge in [-0.3, -0.25) is 4.79 Å². The van der Waals surface area contributed by atoms with Crippen molar-refractivity contribution in [2.75, 3.05) is 92.5 Å². The van der Waals surface area contributed by atoms with Gasteiger partial charge in [-0.2, -0.15) is 0 Å². The second kappa shape index (κ2) is 25.2. The van der Waals surface area contributed by atoms with Crippen LogP contribution in [-0.4, -0.2) is 104 Å². The number of esters is 1. The number of ether oxygens (including phenoxy) is 7. The predicted octanol–water partition coefficient (Wildman–Crippen LogP) is 1.20. The van der Waals surface area contributed by atoms with E-state index in [4.69, 9.17) is 38.3 Å². The van der Waals surface area contributed by atoms with Crippen LogP contribution in [0.15, 0.2) is 0 Å². The molecule has 0 aromatic rings. The van der Waals surface area contributed by atoms with E-state index in [0.29, 0.717) is 85.7 Å². The molecule has 0 aromatic heterocycles. The van der Waals surface area contributed by atoms with Crippen molar-refractivity contribution in [2.45, 2.75) is 32.6 Å². The largest absolute Gasteiger partial charge is 0.463 e. The van der Waals surface area contributed by atoms with E-state index in [1.165, 1.54) is 0 Å². The summed E-state index contributed by atoms with van der Waals surface area (Å²) in [4.78, 5) is 11.4. The van der Waals surface area contributed by atoms with Crippen molar-refractivity contribution in [3.05, 3.63) is 0 Å². The summed E-state index contributed by atoms with van der Waals surface area (Å²) in [6, 6.07) is 0. The molecule has 0 fully saturated rings. The number of aliphatic hydroxyl groups is 1. The van der Waals surface area contributed by atoms with E-state index in [-0.39, 0.29) is 19.2 Å². The molecule has 174 valence electrons. The maximum atomic E-state index is 11.4. The van der Waals surface area contributed by atoms with Crippen LogP contribution in [0.2, 0.25) is 0 Å². The molecule has 0 aromatic carbocycles. The molecular weight excluding hydrogens is 384 g/mol. The highest BCUT2D eigenvalue weighted by atomic mass is 16.6. The first-order valence-electron chi connectivity index (χ1n) is 10.5. The van der Waals surface area contributed by atoms with Crippen LogP contribution in [0.3, 0.4) is 0 Å². The zero-order valence-corrected chi connectivity index (χ0v) is 17.9. The highest BCUT2D eigenvalue weighted by Gasteiger charge is 2.01. The molecule has 29 heavy (non-hydrogen) atoms.